The zero-order valence-electron chi connectivity index (χ0n) is 9.85. The summed E-state index contributed by atoms with van der Waals surface area (Å²) in [5.74, 6) is 0.822. The van der Waals surface area contributed by atoms with Crippen LogP contribution in [0.15, 0.2) is 24.3 Å². The SMILES string of the molecule is O=Cc1ccc(OCC[NH+]2CCOCC2)cc1. The number of hydrogen-bond donors (Lipinski definition) is 1. The standard InChI is InChI=1S/C13H17NO3/c15-11-12-1-3-13(4-2-12)17-10-7-14-5-8-16-9-6-14/h1-4,11H,5-10H2/p+1. The molecule has 1 aromatic rings. The Morgan fingerprint density at radius 2 is 1.94 bits per heavy atom. The molecule has 4 nitrogen and oxygen atoms in total. The number of hydrogen-bond acceptors (Lipinski definition) is 3. The summed E-state index contributed by atoms with van der Waals surface area (Å²) in [4.78, 5) is 12.0. The molecular formula is C13H18NO3+. The lowest BCUT2D eigenvalue weighted by atomic mass is 10.2. The summed E-state index contributed by atoms with van der Waals surface area (Å²) >= 11 is 0. The molecule has 1 fully saturated rings. The Hall–Kier alpha value is -1.39. The van der Waals surface area contributed by atoms with E-state index < -0.39 is 0 Å². The highest BCUT2D eigenvalue weighted by Crippen LogP contribution is 2.10. The van der Waals surface area contributed by atoms with Gasteiger partial charge >= 0.3 is 0 Å². The maximum absolute atomic E-state index is 10.5. The highest BCUT2D eigenvalue weighted by atomic mass is 16.5. The Bertz CT molecular complexity index is 344. The van der Waals surface area contributed by atoms with Gasteiger partial charge in [0.05, 0.1) is 13.2 Å². The molecule has 0 unspecified atom stereocenters. The summed E-state index contributed by atoms with van der Waals surface area (Å²) in [5.41, 5.74) is 0.677. The molecule has 1 saturated heterocycles. The van der Waals surface area contributed by atoms with Crippen LogP contribution in [0.2, 0.25) is 0 Å². The molecule has 17 heavy (non-hydrogen) atoms. The van der Waals surface area contributed by atoms with Crippen LogP contribution in [0.25, 0.3) is 0 Å². The maximum atomic E-state index is 10.5. The molecule has 1 aliphatic heterocycles. The minimum Gasteiger partial charge on any atom is -0.488 e. The van der Waals surface area contributed by atoms with Gasteiger partial charge in [0.25, 0.3) is 0 Å². The van der Waals surface area contributed by atoms with E-state index in [0.29, 0.717) is 12.2 Å². The third-order valence-electron chi connectivity index (χ3n) is 2.94. The van der Waals surface area contributed by atoms with Gasteiger partial charge in [-0.2, -0.15) is 0 Å². The van der Waals surface area contributed by atoms with Crippen molar-refractivity contribution in [2.24, 2.45) is 0 Å². The molecule has 0 spiro atoms. The summed E-state index contributed by atoms with van der Waals surface area (Å²) in [6.07, 6.45) is 0.835. The predicted octanol–water partition coefficient (Wildman–Crippen LogP) is -0.207. The summed E-state index contributed by atoms with van der Waals surface area (Å²) < 4.78 is 10.9. The third kappa shape index (κ3) is 3.84. The molecule has 0 saturated carbocycles. The van der Waals surface area contributed by atoms with Gasteiger partial charge in [0.1, 0.15) is 38.3 Å². The Kier molecular flexibility index (Phi) is 4.53. The highest BCUT2D eigenvalue weighted by Gasteiger charge is 2.12. The van der Waals surface area contributed by atoms with E-state index in [2.05, 4.69) is 0 Å². The molecule has 0 bridgehead atoms. The van der Waals surface area contributed by atoms with E-state index in [0.717, 1.165) is 44.9 Å². The van der Waals surface area contributed by atoms with Crippen LogP contribution in [-0.2, 0) is 4.74 Å². The zero-order valence-corrected chi connectivity index (χ0v) is 9.85. The first kappa shape index (κ1) is 12.1. The molecule has 0 atom stereocenters. The monoisotopic (exact) mass is 236 g/mol. The first-order valence-corrected chi connectivity index (χ1v) is 5.98. The second kappa shape index (κ2) is 6.37. The van der Waals surface area contributed by atoms with Gasteiger partial charge in [-0.05, 0) is 24.3 Å². The van der Waals surface area contributed by atoms with Crippen molar-refractivity contribution >= 4 is 6.29 Å². The lowest BCUT2D eigenvalue weighted by Crippen LogP contribution is -3.14. The van der Waals surface area contributed by atoms with E-state index in [1.165, 1.54) is 4.90 Å². The number of nitrogens with one attached hydrogen (secondary N) is 1. The van der Waals surface area contributed by atoms with Crippen molar-refractivity contribution in [2.45, 2.75) is 0 Å². The summed E-state index contributed by atoms with van der Waals surface area (Å²) in [6.45, 7) is 5.53. The molecule has 2 rings (SSSR count). The van der Waals surface area contributed by atoms with Gasteiger partial charge in [-0.15, -0.1) is 0 Å². The van der Waals surface area contributed by atoms with Crippen LogP contribution in [0.5, 0.6) is 5.75 Å². The van der Waals surface area contributed by atoms with Crippen molar-refractivity contribution in [2.75, 3.05) is 39.5 Å². The van der Waals surface area contributed by atoms with Crippen molar-refractivity contribution in [1.82, 2.24) is 0 Å². The van der Waals surface area contributed by atoms with Gasteiger partial charge < -0.3 is 14.4 Å². The second-order valence-electron chi connectivity index (χ2n) is 4.15. The quantitative estimate of drug-likeness (QED) is 0.719. The molecular weight excluding hydrogens is 218 g/mol. The van der Waals surface area contributed by atoms with Gasteiger partial charge in [-0.25, -0.2) is 0 Å². The molecule has 92 valence electrons. The van der Waals surface area contributed by atoms with E-state index in [1.807, 2.05) is 12.1 Å². The Morgan fingerprint density at radius 1 is 1.24 bits per heavy atom. The van der Waals surface area contributed by atoms with Crippen molar-refractivity contribution in [3.63, 3.8) is 0 Å². The van der Waals surface area contributed by atoms with Crippen molar-refractivity contribution < 1.29 is 19.2 Å². The Morgan fingerprint density at radius 3 is 2.59 bits per heavy atom. The highest BCUT2D eigenvalue weighted by molar-refractivity contribution is 5.74. The van der Waals surface area contributed by atoms with E-state index in [-0.39, 0.29) is 0 Å². The lowest BCUT2D eigenvalue weighted by Gasteiger charge is -2.23. The fraction of sp³-hybridized carbons (Fsp3) is 0.462. The molecule has 1 aromatic carbocycles. The summed E-state index contributed by atoms with van der Waals surface area (Å²) in [7, 11) is 0. The third-order valence-corrected chi connectivity index (χ3v) is 2.94. The predicted molar refractivity (Wildman–Crippen MR) is 63.7 cm³/mol. The van der Waals surface area contributed by atoms with Gasteiger partial charge in [0.2, 0.25) is 0 Å². The van der Waals surface area contributed by atoms with Crippen LogP contribution in [0.4, 0.5) is 0 Å². The summed E-state index contributed by atoms with van der Waals surface area (Å²) in [6, 6.07) is 7.20. The minimum atomic E-state index is 0.677. The normalized spacial score (nSPS) is 16.7. The molecule has 1 N–H and O–H groups in total. The number of aldehydes is 1. The Labute approximate surface area is 101 Å². The lowest BCUT2D eigenvalue weighted by molar-refractivity contribution is -0.908. The molecule has 0 radical (unpaired) electrons. The second-order valence-corrected chi connectivity index (χ2v) is 4.15. The van der Waals surface area contributed by atoms with E-state index >= 15 is 0 Å². The fourth-order valence-corrected chi connectivity index (χ4v) is 1.87. The smallest absolute Gasteiger partial charge is 0.150 e. The minimum absolute atomic E-state index is 0.677. The average Bonchev–Trinajstić information content (AvgIpc) is 2.41. The van der Waals surface area contributed by atoms with Crippen LogP contribution in [0.1, 0.15) is 10.4 Å². The number of quaternary nitrogens is 1. The topological polar surface area (TPSA) is 40.0 Å². The van der Waals surface area contributed by atoms with E-state index in [1.54, 1.807) is 12.1 Å². The average molecular weight is 236 g/mol. The zero-order chi connectivity index (χ0) is 11.9. The number of benzene rings is 1. The number of ether oxygens (including phenoxy) is 2. The van der Waals surface area contributed by atoms with Crippen LogP contribution >= 0.6 is 0 Å². The van der Waals surface area contributed by atoms with Crippen LogP contribution in [-0.4, -0.2) is 45.7 Å². The van der Waals surface area contributed by atoms with E-state index in [9.17, 15) is 4.79 Å². The number of morpholine rings is 1. The molecule has 1 aliphatic rings. The molecule has 0 amide bonds. The van der Waals surface area contributed by atoms with Gasteiger partial charge in [-0.1, -0.05) is 0 Å². The van der Waals surface area contributed by atoms with E-state index in [4.69, 9.17) is 9.47 Å². The van der Waals surface area contributed by atoms with Crippen LogP contribution in [0, 0.1) is 0 Å². The maximum Gasteiger partial charge on any atom is 0.150 e. The molecule has 0 aromatic heterocycles. The molecule has 4 heteroatoms. The van der Waals surface area contributed by atoms with Crippen molar-refractivity contribution in [1.29, 1.82) is 0 Å². The van der Waals surface area contributed by atoms with Crippen molar-refractivity contribution in [3.8, 4) is 5.75 Å². The van der Waals surface area contributed by atoms with Gasteiger partial charge in [0, 0.05) is 5.56 Å². The number of carbonyl (C=O) groups excluding carboxylic acids is 1. The van der Waals surface area contributed by atoms with Crippen molar-refractivity contribution in [3.05, 3.63) is 29.8 Å². The first-order chi connectivity index (χ1) is 8.38. The van der Waals surface area contributed by atoms with Gasteiger partial charge in [0.15, 0.2) is 0 Å². The number of rotatable bonds is 5. The fourth-order valence-electron chi connectivity index (χ4n) is 1.87. The molecule has 0 aliphatic carbocycles. The van der Waals surface area contributed by atoms with Gasteiger partial charge in [-0.3, -0.25) is 4.79 Å². The summed E-state index contributed by atoms with van der Waals surface area (Å²) in [5, 5.41) is 0. The first-order valence-electron chi connectivity index (χ1n) is 5.98. The Balaban J connectivity index is 1.71. The largest absolute Gasteiger partial charge is 0.488 e. The van der Waals surface area contributed by atoms with Crippen LogP contribution < -0.4 is 9.64 Å². The van der Waals surface area contributed by atoms with Crippen LogP contribution in [0.3, 0.4) is 0 Å². The number of carbonyl (C=O) groups is 1. The molecule has 1 heterocycles.